The predicted molar refractivity (Wildman–Crippen MR) is 67.5 cm³/mol. The van der Waals surface area contributed by atoms with Gasteiger partial charge in [-0.1, -0.05) is 13.8 Å². The normalized spacial score (nSPS) is 30.7. The van der Waals surface area contributed by atoms with Crippen molar-refractivity contribution in [3.8, 4) is 0 Å². The highest BCUT2D eigenvalue weighted by Gasteiger charge is 2.58. The highest BCUT2D eigenvalue weighted by Crippen LogP contribution is 2.38. The average molecular weight is 240 g/mol. The first-order valence-corrected chi connectivity index (χ1v) is 6.22. The van der Waals surface area contributed by atoms with Crippen molar-refractivity contribution in [3.05, 3.63) is 0 Å². The van der Waals surface area contributed by atoms with E-state index in [1.54, 1.807) is 0 Å². The minimum Gasteiger partial charge on any atom is -0.413 e. The van der Waals surface area contributed by atoms with Crippen LogP contribution in [-0.4, -0.2) is 38.4 Å². The van der Waals surface area contributed by atoms with Crippen molar-refractivity contribution < 1.29 is 18.6 Å². The number of hydrogen-bond acceptors (Lipinski definition) is 4. The lowest BCUT2D eigenvalue weighted by Crippen LogP contribution is -2.51. The van der Waals surface area contributed by atoms with E-state index in [9.17, 15) is 0 Å². The van der Waals surface area contributed by atoms with Gasteiger partial charge in [0.15, 0.2) is 0 Å². The zero-order valence-electron chi connectivity index (χ0n) is 11.7. The van der Waals surface area contributed by atoms with E-state index >= 15 is 0 Å². The Labute approximate surface area is 105 Å². The van der Waals surface area contributed by atoms with E-state index in [-0.39, 0.29) is 16.6 Å². The Hall–Kier alpha value is -0.0301. The summed E-state index contributed by atoms with van der Waals surface area (Å²) >= 11 is 0. The SMILES string of the molecule is CC1(C)COB(B2OC(C)(C)C(C)(C)O2)OC1. The Kier molecular flexibility index (Phi) is 3.14. The van der Waals surface area contributed by atoms with E-state index in [1.165, 1.54) is 0 Å². The minimum atomic E-state index is -0.434. The van der Waals surface area contributed by atoms with Crippen LogP contribution in [0.25, 0.3) is 0 Å². The van der Waals surface area contributed by atoms with Gasteiger partial charge in [0.2, 0.25) is 0 Å². The number of rotatable bonds is 1. The van der Waals surface area contributed by atoms with Crippen LogP contribution in [0.15, 0.2) is 0 Å². The fourth-order valence-electron chi connectivity index (χ4n) is 1.86. The summed E-state index contributed by atoms with van der Waals surface area (Å²) in [6.45, 7) is 13.7. The fourth-order valence-corrected chi connectivity index (χ4v) is 1.86. The van der Waals surface area contributed by atoms with Crippen molar-refractivity contribution in [2.45, 2.75) is 52.7 Å². The van der Waals surface area contributed by atoms with Crippen LogP contribution in [0.3, 0.4) is 0 Å². The molecular formula is C11H22B2O4. The Bertz CT molecular complexity index is 278. The van der Waals surface area contributed by atoms with Crippen LogP contribution in [0.1, 0.15) is 41.5 Å². The topological polar surface area (TPSA) is 36.9 Å². The molecule has 2 heterocycles. The second-order valence-electron chi connectivity index (χ2n) is 6.78. The molecule has 96 valence electrons. The Balaban J connectivity index is 1.98. The molecule has 2 fully saturated rings. The van der Waals surface area contributed by atoms with Gasteiger partial charge in [-0.3, -0.25) is 0 Å². The summed E-state index contributed by atoms with van der Waals surface area (Å²) in [7, 11) is -0.847. The highest BCUT2D eigenvalue weighted by molar-refractivity contribution is 7.11. The largest absolute Gasteiger partial charge is 0.488 e. The fraction of sp³-hybridized carbons (Fsp3) is 1.00. The summed E-state index contributed by atoms with van der Waals surface area (Å²) in [6, 6.07) is 0. The van der Waals surface area contributed by atoms with Gasteiger partial charge >= 0.3 is 14.0 Å². The lowest BCUT2D eigenvalue weighted by atomic mass is 9.48. The molecule has 0 aromatic heterocycles. The van der Waals surface area contributed by atoms with Crippen LogP contribution < -0.4 is 0 Å². The molecule has 0 spiro atoms. The molecule has 0 aromatic rings. The molecule has 0 radical (unpaired) electrons. The summed E-state index contributed by atoms with van der Waals surface area (Å²) in [5.74, 6) is 0. The van der Waals surface area contributed by atoms with Crippen LogP contribution >= 0.6 is 0 Å². The van der Waals surface area contributed by atoms with Crippen molar-refractivity contribution in [2.75, 3.05) is 13.2 Å². The summed E-state index contributed by atoms with van der Waals surface area (Å²) in [5, 5.41) is 0. The Morgan fingerprint density at radius 3 is 1.53 bits per heavy atom. The smallest absolute Gasteiger partial charge is 0.413 e. The maximum atomic E-state index is 5.90. The van der Waals surface area contributed by atoms with Crippen molar-refractivity contribution >= 4 is 14.0 Å². The van der Waals surface area contributed by atoms with E-state index in [4.69, 9.17) is 18.6 Å². The maximum Gasteiger partial charge on any atom is 0.488 e. The molecule has 0 atom stereocenters. The number of hydrogen-bond donors (Lipinski definition) is 0. The molecule has 0 N–H and O–H groups in total. The second kappa shape index (κ2) is 3.98. The molecule has 0 aliphatic carbocycles. The van der Waals surface area contributed by atoms with Gasteiger partial charge in [-0.25, -0.2) is 0 Å². The summed E-state index contributed by atoms with van der Waals surface area (Å²) in [6.07, 6.45) is 0. The second-order valence-corrected chi connectivity index (χ2v) is 6.78. The molecule has 17 heavy (non-hydrogen) atoms. The van der Waals surface area contributed by atoms with Gasteiger partial charge in [0.25, 0.3) is 0 Å². The maximum absolute atomic E-state index is 5.90. The Morgan fingerprint density at radius 1 is 0.706 bits per heavy atom. The van der Waals surface area contributed by atoms with Gasteiger partial charge in [-0.05, 0) is 27.7 Å². The van der Waals surface area contributed by atoms with E-state index in [1.807, 2.05) is 27.7 Å². The third-order valence-electron chi connectivity index (χ3n) is 3.77. The molecule has 2 aliphatic rings. The summed E-state index contributed by atoms with van der Waals surface area (Å²) < 4.78 is 23.2. The molecule has 0 bridgehead atoms. The molecular weight excluding hydrogens is 218 g/mol. The van der Waals surface area contributed by atoms with Crippen LogP contribution in [0.2, 0.25) is 0 Å². The first-order chi connectivity index (χ1) is 7.63. The van der Waals surface area contributed by atoms with Crippen LogP contribution in [0.4, 0.5) is 0 Å². The molecule has 0 aromatic carbocycles. The molecule has 2 aliphatic heterocycles. The highest BCUT2D eigenvalue weighted by atomic mass is 16.7. The zero-order chi connectivity index (χ0) is 12.9. The first kappa shape index (κ1) is 13.4. The van der Waals surface area contributed by atoms with Crippen LogP contribution in [-0.2, 0) is 18.6 Å². The van der Waals surface area contributed by atoms with Gasteiger partial charge in [-0.2, -0.15) is 0 Å². The predicted octanol–water partition coefficient (Wildman–Crippen LogP) is 1.72. The van der Waals surface area contributed by atoms with Crippen molar-refractivity contribution in [1.82, 2.24) is 0 Å². The monoisotopic (exact) mass is 240 g/mol. The van der Waals surface area contributed by atoms with E-state index in [0.29, 0.717) is 13.2 Å². The quantitative estimate of drug-likeness (QED) is 0.654. The molecule has 6 heteroatoms. The van der Waals surface area contributed by atoms with Crippen molar-refractivity contribution in [1.29, 1.82) is 0 Å². The molecule has 2 saturated heterocycles. The molecule has 0 saturated carbocycles. The lowest BCUT2D eigenvalue weighted by molar-refractivity contribution is 0.00578. The molecule has 0 unspecified atom stereocenters. The third kappa shape index (κ3) is 2.55. The Morgan fingerprint density at radius 2 is 1.12 bits per heavy atom. The van der Waals surface area contributed by atoms with Gasteiger partial charge in [0, 0.05) is 18.6 Å². The van der Waals surface area contributed by atoms with Crippen molar-refractivity contribution in [3.63, 3.8) is 0 Å². The van der Waals surface area contributed by atoms with Gasteiger partial charge in [-0.15, -0.1) is 0 Å². The standard InChI is InChI=1S/C11H22B2O4/c1-9(2)7-14-12(15-8-9)13-16-10(3,4)11(5,6)17-13/h7-8H2,1-6H3. The van der Waals surface area contributed by atoms with Crippen LogP contribution in [0.5, 0.6) is 0 Å². The lowest BCUT2D eigenvalue weighted by Gasteiger charge is -2.33. The molecule has 0 amide bonds. The van der Waals surface area contributed by atoms with Gasteiger partial charge in [0.1, 0.15) is 0 Å². The van der Waals surface area contributed by atoms with Crippen molar-refractivity contribution in [2.24, 2.45) is 5.41 Å². The van der Waals surface area contributed by atoms with E-state index in [0.717, 1.165) is 0 Å². The third-order valence-corrected chi connectivity index (χ3v) is 3.77. The summed E-state index contributed by atoms with van der Waals surface area (Å²) in [5.41, 5.74) is -0.602. The molecule has 4 nitrogen and oxygen atoms in total. The minimum absolute atomic E-state index is 0.0696. The zero-order valence-corrected chi connectivity index (χ0v) is 11.7. The average Bonchev–Trinajstić information content (AvgIpc) is 2.35. The van der Waals surface area contributed by atoms with E-state index < -0.39 is 14.0 Å². The first-order valence-electron chi connectivity index (χ1n) is 6.22. The summed E-state index contributed by atoms with van der Waals surface area (Å²) in [4.78, 5) is 0. The van der Waals surface area contributed by atoms with Gasteiger partial charge < -0.3 is 18.6 Å². The van der Waals surface area contributed by atoms with Gasteiger partial charge in [0.05, 0.1) is 11.2 Å². The van der Waals surface area contributed by atoms with Crippen LogP contribution in [0, 0.1) is 5.41 Å². The van der Waals surface area contributed by atoms with E-state index in [2.05, 4.69) is 13.8 Å². The molecule has 2 rings (SSSR count).